The fourth-order valence-electron chi connectivity index (χ4n) is 1.41. The van der Waals surface area contributed by atoms with E-state index in [1.54, 1.807) is 17.1 Å². The predicted molar refractivity (Wildman–Crippen MR) is 43.3 cm³/mol. The second-order valence-electron chi connectivity index (χ2n) is 2.76. The Bertz CT molecular complexity index is 285. The van der Waals surface area contributed by atoms with Crippen molar-refractivity contribution in [1.29, 1.82) is 0 Å². The second kappa shape index (κ2) is 2.13. The summed E-state index contributed by atoms with van der Waals surface area (Å²) in [6.07, 6.45) is 0.931. The smallest absolute Gasteiger partial charge is 0.116 e. The maximum absolute atomic E-state index is 9.12. The molecule has 3 heteroatoms. The lowest BCUT2D eigenvalue weighted by atomic mass is 10.1. The van der Waals surface area contributed by atoms with Gasteiger partial charge in [0.15, 0.2) is 0 Å². The van der Waals surface area contributed by atoms with Gasteiger partial charge in [0.25, 0.3) is 0 Å². The Morgan fingerprint density at radius 1 is 1.45 bits per heavy atom. The molecule has 0 aliphatic carbocycles. The lowest BCUT2D eigenvalue weighted by molar-refractivity contribution is 0.475. The van der Waals surface area contributed by atoms with Gasteiger partial charge in [0, 0.05) is 6.54 Å². The molecule has 0 radical (unpaired) electrons. The van der Waals surface area contributed by atoms with Crippen molar-refractivity contribution in [2.75, 3.05) is 11.6 Å². The molecular formula is C8H10N2O. The fraction of sp³-hybridized carbons (Fsp3) is 0.250. The third-order valence-electron chi connectivity index (χ3n) is 1.99. The number of phenolic OH excluding ortho intramolecular Hbond substituents is 1. The molecule has 0 amide bonds. The van der Waals surface area contributed by atoms with Gasteiger partial charge in [0.2, 0.25) is 0 Å². The summed E-state index contributed by atoms with van der Waals surface area (Å²) in [5.41, 5.74) is 2.16. The van der Waals surface area contributed by atoms with Gasteiger partial charge >= 0.3 is 0 Å². The van der Waals surface area contributed by atoms with Crippen molar-refractivity contribution in [3.63, 3.8) is 0 Å². The van der Waals surface area contributed by atoms with Gasteiger partial charge < -0.3 is 10.1 Å². The van der Waals surface area contributed by atoms with Gasteiger partial charge in [-0.15, -0.1) is 0 Å². The number of hydrogen-bond donors (Lipinski definition) is 2. The van der Waals surface area contributed by atoms with Crippen LogP contribution in [0.4, 0.5) is 5.69 Å². The lowest BCUT2D eigenvalue weighted by Gasteiger charge is -2.10. The summed E-state index contributed by atoms with van der Waals surface area (Å²) >= 11 is 0. The van der Waals surface area contributed by atoms with Crippen molar-refractivity contribution in [1.82, 2.24) is 0 Å². The number of nitrogens with zero attached hydrogens (tertiary/aromatic N) is 1. The van der Waals surface area contributed by atoms with Crippen LogP contribution in [0.3, 0.4) is 0 Å². The van der Waals surface area contributed by atoms with Crippen LogP contribution in [0.25, 0.3) is 0 Å². The summed E-state index contributed by atoms with van der Waals surface area (Å²) < 4.78 is 0. The molecule has 0 fully saturated rings. The van der Waals surface area contributed by atoms with Crippen LogP contribution in [-0.4, -0.2) is 11.7 Å². The van der Waals surface area contributed by atoms with Gasteiger partial charge in [-0.1, -0.05) is 0 Å². The van der Waals surface area contributed by atoms with Gasteiger partial charge in [-0.05, 0) is 30.2 Å². The van der Waals surface area contributed by atoms with E-state index in [-0.39, 0.29) is 0 Å². The van der Waals surface area contributed by atoms with Gasteiger partial charge in [0.05, 0.1) is 5.69 Å². The molecule has 0 unspecified atom stereocenters. The molecule has 1 aliphatic heterocycles. The van der Waals surface area contributed by atoms with Crippen LogP contribution in [0.2, 0.25) is 0 Å². The third kappa shape index (κ3) is 0.935. The third-order valence-corrected chi connectivity index (χ3v) is 1.99. The van der Waals surface area contributed by atoms with E-state index in [9.17, 15) is 0 Å². The van der Waals surface area contributed by atoms with E-state index in [1.807, 2.05) is 6.07 Å². The molecule has 1 aliphatic rings. The zero-order chi connectivity index (χ0) is 7.84. The van der Waals surface area contributed by atoms with Gasteiger partial charge in [-0.2, -0.15) is 0 Å². The lowest BCUT2D eigenvalue weighted by Crippen LogP contribution is -2.27. The first kappa shape index (κ1) is 6.49. The minimum absolute atomic E-state index is 0.319. The zero-order valence-corrected chi connectivity index (χ0v) is 6.12. The Labute approximate surface area is 65.0 Å². The molecule has 58 valence electrons. The summed E-state index contributed by atoms with van der Waals surface area (Å²) in [6.45, 7) is 0.846. The van der Waals surface area contributed by atoms with Crippen molar-refractivity contribution in [3.05, 3.63) is 23.8 Å². The van der Waals surface area contributed by atoms with Gasteiger partial charge in [-0.25, -0.2) is 5.84 Å². The highest BCUT2D eigenvalue weighted by molar-refractivity contribution is 5.58. The maximum atomic E-state index is 9.12. The van der Waals surface area contributed by atoms with E-state index in [4.69, 9.17) is 10.9 Å². The first-order valence-corrected chi connectivity index (χ1v) is 3.61. The molecule has 0 aromatic heterocycles. The molecule has 1 aromatic rings. The Hall–Kier alpha value is -1.22. The standard InChI is InChI=1S/C8H10N2O/c9-10-4-3-6-5-7(11)1-2-8(6)10/h1-2,5,11H,3-4,9H2. The molecule has 0 bridgehead atoms. The van der Waals surface area contributed by atoms with Crippen molar-refractivity contribution < 1.29 is 5.11 Å². The summed E-state index contributed by atoms with van der Waals surface area (Å²) in [4.78, 5) is 0. The number of aromatic hydroxyl groups is 1. The van der Waals surface area contributed by atoms with Crippen LogP contribution < -0.4 is 10.9 Å². The Morgan fingerprint density at radius 3 is 3.09 bits per heavy atom. The van der Waals surface area contributed by atoms with Crippen LogP contribution in [0.5, 0.6) is 5.75 Å². The number of nitrogens with two attached hydrogens (primary N) is 1. The monoisotopic (exact) mass is 150 g/mol. The van der Waals surface area contributed by atoms with Crippen molar-refractivity contribution in [3.8, 4) is 5.75 Å². The summed E-state index contributed by atoms with van der Waals surface area (Å²) in [5, 5.41) is 10.8. The molecule has 0 atom stereocenters. The molecular weight excluding hydrogens is 140 g/mol. The van der Waals surface area contributed by atoms with E-state index < -0.39 is 0 Å². The Morgan fingerprint density at radius 2 is 2.27 bits per heavy atom. The maximum Gasteiger partial charge on any atom is 0.116 e. The predicted octanol–water partition coefficient (Wildman–Crippen LogP) is 0.628. The topological polar surface area (TPSA) is 49.5 Å². The largest absolute Gasteiger partial charge is 0.508 e. The van der Waals surface area contributed by atoms with E-state index in [0.29, 0.717) is 5.75 Å². The molecule has 0 saturated carbocycles. The van der Waals surface area contributed by atoms with E-state index >= 15 is 0 Å². The first-order chi connectivity index (χ1) is 5.27. The molecule has 1 heterocycles. The minimum atomic E-state index is 0.319. The highest BCUT2D eigenvalue weighted by atomic mass is 16.3. The van der Waals surface area contributed by atoms with Crippen LogP contribution in [0.15, 0.2) is 18.2 Å². The second-order valence-corrected chi connectivity index (χ2v) is 2.76. The van der Waals surface area contributed by atoms with Crippen LogP contribution in [0.1, 0.15) is 5.56 Å². The van der Waals surface area contributed by atoms with Crippen LogP contribution >= 0.6 is 0 Å². The number of phenols is 1. The van der Waals surface area contributed by atoms with Gasteiger partial charge in [0.1, 0.15) is 5.75 Å². The van der Waals surface area contributed by atoms with E-state index in [1.165, 1.54) is 0 Å². The molecule has 0 saturated heterocycles. The van der Waals surface area contributed by atoms with Gasteiger partial charge in [-0.3, -0.25) is 0 Å². The average molecular weight is 150 g/mol. The van der Waals surface area contributed by atoms with E-state index in [2.05, 4.69) is 0 Å². The number of fused-ring (bicyclic) bond motifs is 1. The average Bonchev–Trinajstić information content (AvgIpc) is 2.32. The molecule has 3 nitrogen and oxygen atoms in total. The first-order valence-electron chi connectivity index (χ1n) is 3.61. The van der Waals surface area contributed by atoms with Crippen LogP contribution in [-0.2, 0) is 6.42 Å². The molecule has 2 rings (SSSR count). The van der Waals surface area contributed by atoms with Crippen molar-refractivity contribution in [2.24, 2.45) is 5.84 Å². The normalized spacial score (nSPS) is 15.2. The Kier molecular flexibility index (Phi) is 1.26. The van der Waals surface area contributed by atoms with E-state index in [0.717, 1.165) is 24.2 Å². The van der Waals surface area contributed by atoms with Crippen LogP contribution in [0, 0.1) is 0 Å². The summed E-state index contributed by atoms with van der Waals surface area (Å²) in [6, 6.07) is 5.27. The number of anilines is 1. The number of rotatable bonds is 0. The SMILES string of the molecule is NN1CCc2cc(O)ccc21. The summed E-state index contributed by atoms with van der Waals surface area (Å²) in [7, 11) is 0. The fourth-order valence-corrected chi connectivity index (χ4v) is 1.41. The minimum Gasteiger partial charge on any atom is -0.508 e. The molecule has 0 spiro atoms. The molecule has 1 aromatic carbocycles. The Balaban J connectivity index is 2.50. The molecule has 11 heavy (non-hydrogen) atoms. The van der Waals surface area contributed by atoms with Crippen molar-refractivity contribution in [2.45, 2.75) is 6.42 Å². The number of hydrazine groups is 1. The number of hydrogen-bond acceptors (Lipinski definition) is 3. The van der Waals surface area contributed by atoms with Crippen molar-refractivity contribution >= 4 is 5.69 Å². The highest BCUT2D eigenvalue weighted by Gasteiger charge is 2.15. The summed E-state index contributed by atoms with van der Waals surface area (Å²) in [5.74, 6) is 5.97. The number of benzene rings is 1. The quantitative estimate of drug-likeness (QED) is 0.533. The zero-order valence-electron chi connectivity index (χ0n) is 6.12. The highest BCUT2D eigenvalue weighted by Crippen LogP contribution is 2.28. The molecule has 3 N–H and O–H groups in total.